The number of benzene rings is 1. The molecule has 0 saturated carbocycles. The SMILES string of the molecule is Cc1ccc(-c2noc(CN(C)C3CCS(=O)(=O)C3)n2)cc1F. The molecule has 0 aliphatic carbocycles. The summed E-state index contributed by atoms with van der Waals surface area (Å²) in [6.07, 6.45) is 0.614. The maximum absolute atomic E-state index is 13.6. The molecule has 8 heteroatoms. The van der Waals surface area contributed by atoms with Crippen LogP contribution < -0.4 is 0 Å². The monoisotopic (exact) mass is 339 g/mol. The summed E-state index contributed by atoms with van der Waals surface area (Å²) in [5.74, 6) is 0.772. The Balaban J connectivity index is 1.71. The predicted molar refractivity (Wildman–Crippen MR) is 83.0 cm³/mol. The maximum Gasteiger partial charge on any atom is 0.241 e. The number of nitrogens with zero attached hydrogens (tertiary/aromatic N) is 3. The standard InChI is InChI=1S/C15H18FN3O3S/c1-10-3-4-11(7-13(10)16)15-17-14(22-18-15)8-19(2)12-5-6-23(20,21)9-12/h3-4,7,12H,5-6,8-9H2,1-2H3. The van der Waals surface area contributed by atoms with Crippen molar-refractivity contribution < 1.29 is 17.3 Å². The second kappa shape index (κ2) is 6.01. The van der Waals surface area contributed by atoms with Crippen LogP contribution >= 0.6 is 0 Å². The first kappa shape index (κ1) is 16.1. The molecular weight excluding hydrogens is 321 g/mol. The van der Waals surface area contributed by atoms with Crippen molar-refractivity contribution in [2.24, 2.45) is 0 Å². The van der Waals surface area contributed by atoms with Crippen LogP contribution in [0.15, 0.2) is 22.7 Å². The predicted octanol–water partition coefficient (Wildman–Crippen LogP) is 1.80. The van der Waals surface area contributed by atoms with Gasteiger partial charge in [0.05, 0.1) is 18.1 Å². The van der Waals surface area contributed by atoms with Gasteiger partial charge in [-0.25, -0.2) is 12.8 Å². The van der Waals surface area contributed by atoms with E-state index in [2.05, 4.69) is 10.1 Å². The molecule has 2 aromatic rings. The molecule has 0 amide bonds. The van der Waals surface area contributed by atoms with Crippen LogP contribution in [0.2, 0.25) is 0 Å². The Morgan fingerprint density at radius 1 is 1.43 bits per heavy atom. The average Bonchev–Trinajstić information content (AvgIpc) is 3.08. The van der Waals surface area contributed by atoms with Crippen LogP contribution in [0.4, 0.5) is 4.39 Å². The van der Waals surface area contributed by atoms with Gasteiger partial charge in [-0.2, -0.15) is 4.98 Å². The first-order valence-corrected chi connectivity index (χ1v) is 9.16. The third-order valence-corrected chi connectivity index (χ3v) is 5.86. The topological polar surface area (TPSA) is 76.3 Å². The van der Waals surface area contributed by atoms with Crippen molar-refractivity contribution in [2.75, 3.05) is 18.6 Å². The zero-order valence-corrected chi connectivity index (χ0v) is 13.8. The van der Waals surface area contributed by atoms with E-state index in [0.29, 0.717) is 35.8 Å². The molecule has 1 unspecified atom stereocenters. The van der Waals surface area contributed by atoms with E-state index in [4.69, 9.17) is 4.52 Å². The zero-order chi connectivity index (χ0) is 16.6. The Hall–Kier alpha value is -1.80. The Labute approximate surface area is 134 Å². The van der Waals surface area contributed by atoms with E-state index < -0.39 is 9.84 Å². The molecule has 0 bridgehead atoms. The summed E-state index contributed by atoms with van der Waals surface area (Å²) in [5, 5.41) is 3.87. The minimum absolute atomic E-state index is 0.0350. The second-order valence-electron chi connectivity index (χ2n) is 5.95. The van der Waals surface area contributed by atoms with Crippen LogP contribution in [-0.4, -0.2) is 48.1 Å². The van der Waals surface area contributed by atoms with Gasteiger partial charge in [-0.15, -0.1) is 0 Å². The molecule has 1 atom stereocenters. The number of sulfone groups is 1. The Morgan fingerprint density at radius 3 is 2.87 bits per heavy atom. The van der Waals surface area contributed by atoms with Crippen molar-refractivity contribution in [3.63, 3.8) is 0 Å². The van der Waals surface area contributed by atoms with Crippen LogP contribution in [0.3, 0.4) is 0 Å². The lowest BCUT2D eigenvalue weighted by Crippen LogP contribution is -2.32. The maximum atomic E-state index is 13.6. The molecule has 3 rings (SSSR count). The van der Waals surface area contributed by atoms with Crippen LogP contribution in [-0.2, 0) is 16.4 Å². The van der Waals surface area contributed by atoms with E-state index >= 15 is 0 Å². The van der Waals surface area contributed by atoms with Gasteiger partial charge in [0.1, 0.15) is 5.82 Å². The number of rotatable bonds is 4. The van der Waals surface area contributed by atoms with Gasteiger partial charge in [0.15, 0.2) is 9.84 Å². The Bertz CT molecular complexity index is 819. The molecule has 1 saturated heterocycles. The van der Waals surface area contributed by atoms with Crippen molar-refractivity contribution in [1.29, 1.82) is 0 Å². The summed E-state index contributed by atoms with van der Waals surface area (Å²) >= 11 is 0. The molecule has 0 radical (unpaired) electrons. The fourth-order valence-corrected chi connectivity index (χ4v) is 4.44. The van der Waals surface area contributed by atoms with Gasteiger partial charge in [-0.3, -0.25) is 4.90 Å². The first-order chi connectivity index (χ1) is 10.8. The van der Waals surface area contributed by atoms with Gasteiger partial charge >= 0.3 is 0 Å². The molecule has 2 heterocycles. The second-order valence-corrected chi connectivity index (χ2v) is 8.18. The van der Waals surface area contributed by atoms with E-state index in [9.17, 15) is 12.8 Å². The van der Waals surface area contributed by atoms with Crippen LogP contribution in [0.1, 0.15) is 17.9 Å². The lowest BCUT2D eigenvalue weighted by atomic mass is 10.1. The molecule has 1 aliphatic rings. The summed E-state index contributed by atoms with van der Waals surface area (Å²) in [6, 6.07) is 4.74. The molecule has 1 aliphatic heterocycles. The molecule has 1 aromatic heterocycles. The van der Waals surface area contributed by atoms with Gasteiger partial charge in [-0.1, -0.05) is 17.3 Å². The highest BCUT2D eigenvalue weighted by Gasteiger charge is 2.31. The van der Waals surface area contributed by atoms with Gasteiger partial charge in [0, 0.05) is 11.6 Å². The number of halogens is 1. The van der Waals surface area contributed by atoms with Crippen molar-refractivity contribution >= 4 is 9.84 Å². The fourth-order valence-electron chi connectivity index (χ4n) is 2.63. The molecule has 0 N–H and O–H groups in total. The van der Waals surface area contributed by atoms with Crippen molar-refractivity contribution in [3.05, 3.63) is 35.5 Å². The lowest BCUT2D eigenvalue weighted by Gasteiger charge is -2.20. The minimum Gasteiger partial charge on any atom is -0.338 e. The summed E-state index contributed by atoms with van der Waals surface area (Å²) in [6.45, 7) is 2.05. The highest BCUT2D eigenvalue weighted by atomic mass is 32.2. The van der Waals surface area contributed by atoms with Crippen molar-refractivity contribution in [2.45, 2.75) is 25.9 Å². The lowest BCUT2D eigenvalue weighted by molar-refractivity contribution is 0.218. The van der Waals surface area contributed by atoms with Crippen molar-refractivity contribution in [1.82, 2.24) is 15.0 Å². The van der Waals surface area contributed by atoms with Crippen LogP contribution in [0, 0.1) is 12.7 Å². The summed E-state index contributed by atoms with van der Waals surface area (Å²) in [5.41, 5.74) is 1.11. The van der Waals surface area contributed by atoms with E-state index in [1.54, 1.807) is 19.1 Å². The summed E-state index contributed by atoms with van der Waals surface area (Å²) < 4.78 is 41.9. The first-order valence-electron chi connectivity index (χ1n) is 7.34. The highest BCUT2D eigenvalue weighted by Crippen LogP contribution is 2.21. The van der Waals surface area contributed by atoms with E-state index in [1.807, 2.05) is 11.9 Å². The number of aromatic nitrogens is 2. The quantitative estimate of drug-likeness (QED) is 0.845. The van der Waals surface area contributed by atoms with E-state index in [1.165, 1.54) is 6.07 Å². The average molecular weight is 339 g/mol. The van der Waals surface area contributed by atoms with E-state index in [-0.39, 0.29) is 23.4 Å². The molecular formula is C15H18FN3O3S. The van der Waals surface area contributed by atoms with Crippen LogP contribution in [0.25, 0.3) is 11.4 Å². The largest absolute Gasteiger partial charge is 0.338 e. The number of aryl methyl sites for hydroxylation is 1. The zero-order valence-electron chi connectivity index (χ0n) is 13.0. The van der Waals surface area contributed by atoms with Gasteiger partial charge in [0.2, 0.25) is 11.7 Å². The molecule has 1 fully saturated rings. The molecule has 1 aromatic carbocycles. The minimum atomic E-state index is -2.93. The Morgan fingerprint density at radius 2 is 2.22 bits per heavy atom. The van der Waals surface area contributed by atoms with Gasteiger partial charge < -0.3 is 4.52 Å². The molecule has 0 spiro atoms. The molecule has 6 nitrogen and oxygen atoms in total. The number of hydrogen-bond donors (Lipinski definition) is 0. The smallest absolute Gasteiger partial charge is 0.241 e. The third kappa shape index (κ3) is 3.59. The fraction of sp³-hybridized carbons (Fsp3) is 0.467. The summed E-state index contributed by atoms with van der Waals surface area (Å²) in [4.78, 5) is 6.16. The highest BCUT2D eigenvalue weighted by molar-refractivity contribution is 7.91. The molecule has 124 valence electrons. The Kier molecular flexibility index (Phi) is 4.20. The van der Waals surface area contributed by atoms with Gasteiger partial charge in [0.25, 0.3) is 0 Å². The van der Waals surface area contributed by atoms with Crippen LogP contribution in [0.5, 0.6) is 0 Å². The third-order valence-electron chi connectivity index (χ3n) is 4.11. The normalized spacial score (nSPS) is 20.3. The number of hydrogen-bond acceptors (Lipinski definition) is 6. The van der Waals surface area contributed by atoms with Crippen molar-refractivity contribution in [3.8, 4) is 11.4 Å². The molecule has 23 heavy (non-hydrogen) atoms. The van der Waals surface area contributed by atoms with Gasteiger partial charge in [-0.05, 0) is 32.0 Å². The van der Waals surface area contributed by atoms with E-state index in [0.717, 1.165) is 0 Å². The summed E-state index contributed by atoms with van der Waals surface area (Å²) in [7, 11) is -1.10.